The first-order valence-electron chi connectivity index (χ1n) is 11.8. The zero-order chi connectivity index (χ0) is 26.2. The lowest BCUT2D eigenvalue weighted by atomic mass is 9.97. The number of benzene rings is 2. The normalized spacial score (nSPS) is 16.1. The van der Waals surface area contributed by atoms with E-state index in [1.165, 1.54) is 0 Å². The van der Waals surface area contributed by atoms with Crippen molar-refractivity contribution in [2.75, 3.05) is 26.4 Å². The lowest BCUT2D eigenvalue weighted by Gasteiger charge is -2.29. The summed E-state index contributed by atoms with van der Waals surface area (Å²) in [6.45, 7) is -0.613. The third kappa shape index (κ3) is 6.27. The van der Waals surface area contributed by atoms with Crippen LogP contribution >= 0.6 is 0 Å². The molecule has 188 valence electrons. The quantitative estimate of drug-likeness (QED) is 0.474. The van der Waals surface area contributed by atoms with Crippen molar-refractivity contribution >= 4 is 5.91 Å². The highest BCUT2D eigenvalue weighted by atomic mass is 19.1. The van der Waals surface area contributed by atoms with Crippen molar-refractivity contribution in [3.63, 3.8) is 0 Å². The molecule has 1 saturated heterocycles. The molecule has 2 heterocycles. The topological polar surface area (TPSA) is 102 Å². The van der Waals surface area contributed by atoms with Gasteiger partial charge in [-0.05, 0) is 53.9 Å². The molecular formula is C28H25F2N5O2. The molecule has 0 saturated carbocycles. The molecule has 0 spiro atoms. The van der Waals surface area contributed by atoms with Gasteiger partial charge in [-0.15, -0.1) is 0 Å². The molecule has 1 aliphatic heterocycles. The highest BCUT2D eigenvalue weighted by molar-refractivity contribution is 5.94. The van der Waals surface area contributed by atoms with Gasteiger partial charge >= 0.3 is 0 Å². The van der Waals surface area contributed by atoms with Crippen molar-refractivity contribution in [3.05, 3.63) is 94.7 Å². The first-order valence-corrected chi connectivity index (χ1v) is 11.8. The molecule has 1 aromatic heterocycles. The van der Waals surface area contributed by atoms with Crippen LogP contribution in [0.25, 0.3) is 0 Å². The minimum absolute atomic E-state index is 0.0885. The summed E-state index contributed by atoms with van der Waals surface area (Å²) in [6.07, 6.45) is 1.17. The van der Waals surface area contributed by atoms with E-state index >= 15 is 0 Å². The van der Waals surface area contributed by atoms with Crippen molar-refractivity contribution in [2.45, 2.75) is 24.6 Å². The minimum atomic E-state index is -1.19. The first kappa shape index (κ1) is 25.7. The Morgan fingerprint density at radius 1 is 1.00 bits per heavy atom. The number of likely N-dealkylation sites (tertiary alicyclic amines) is 1. The highest BCUT2D eigenvalue weighted by Crippen LogP contribution is 2.32. The van der Waals surface area contributed by atoms with Crippen molar-refractivity contribution in [1.29, 1.82) is 10.5 Å². The van der Waals surface area contributed by atoms with E-state index in [1.54, 1.807) is 54.7 Å². The minimum Gasteiger partial charge on any atom is -0.469 e. The fraction of sp³-hybridized carbons (Fsp3) is 0.286. The van der Waals surface area contributed by atoms with Gasteiger partial charge in [0.25, 0.3) is 5.91 Å². The molecule has 0 bridgehead atoms. The predicted molar refractivity (Wildman–Crippen MR) is 132 cm³/mol. The van der Waals surface area contributed by atoms with Gasteiger partial charge in [0.05, 0.1) is 29.3 Å². The molecule has 1 fully saturated rings. The van der Waals surface area contributed by atoms with Crippen LogP contribution in [0.5, 0.6) is 5.88 Å². The molecule has 1 aliphatic rings. The molecule has 0 radical (unpaired) electrons. The third-order valence-corrected chi connectivity index (χ3v) is 6.26. The molecule has 1 N–H and O–H groups in total. The zero-order valence-corrected chi connectivity index (χ0v) is 20.0. The molecule has 7 nitrogen and oxygen atoms in total. The summed E-state index contributed by atoms with van der Waals surface area (Å²) in [5, 5.41) is 21.2. The van der Waals surface area contributed by atoms with Gasteiger partial charge in [-0.1, -0.05) is 18.2 Å². The lowest BCUT2D eigenvalue weighted by Crippen LogP contribution is -2.38. The number of aromatic nitrogens is 1. The summed E-state index contributed by atoms with van der Waals surface area (Å²) < 4.78 is 30.9. The van der Waals surface area contributed by atoms with Crippen LogP contribution in [0.2, 0.25) is 0 Å². The number of carbonyl (C=O) groups is 1. The number of alkyl halides is 2. The Morgan fingerprint density at radius 2 is 1.62 bits per heavy atom. The summed E-state index contributed by atoms with van der Waals surface area (Å²) in [5.41, 5.74) is 3.30. The van der Waals surface area contributed by atoms with Crippen LogP contribution < -0.4 is 10.1 Å². The van der Waals surface area contributed by atoms with E-state index in [1.807, 2.05) is 18.2 Å². The van der Waals surface area contributed by atoms with Gasteiger partial charge in [0.1, 0.15) is 13.3 Å². The van der Waals surface area contributed by atoms with Crippen molar-refractivity contribution in [1.82, 2.24) is 15.2 Å². The Balaban J connectivity index is 1.52. The molecular weight excluding hydrogens is 476 g/mol. The number of nitrogens with zero attached hydrogens (tertiary/aromatic N) is 4. The molecule has 2 atom stereocenters. The molecule has 0 aliphatic carbocycles. The second kappa shape index (κ2) is 12.1. The number of hydrogen-bond donors (Lipinski definition) is 1. The molecule has 1 unspecified atom stereocenters. The number of carbonyl (C=O) groups excluding carboxylic acids is 1. The Kier molecular flexibility index (Phi) is 8.40. The summed E-state index contributed by atoms with van der Waals surface area (Å²) in [7, 11) is 0. The first-order chi connectivity index (χ1) is 18.0. The van der Waals surface area contributed by atoms with Crippen LogP contribution in [0.15, 0.2) is 66.9 Å². The van der Waals surface area contributed by atoms with Crippen LogP contribution in [0, 0.1) is 22.7 Å². The summed E-state index contributed by atoms with van der Waals surface area (Å²) in [6, 6.07) is 21.0. The van der Waals surface area contributed by atoms with Gasteiger partial charge < -0.3 is 10.1 Å². The molecule has 37 heavy (non-hydrogen) atoms. The van der Waals surface area contributed by atoms with Crippen LogP contribution in [0.3, 0.4) is 0 Å². The van der Waals surface area contributed by atoms with E-state index in [0.29, 0.717) is 29.8 Å². The molecule has 9 heteroatoms. The summed E-state index contributed by atoms with van der Waals surface area (Å²) in [4.78, 5) is 19.2. The summed E-state index contributed by atoms with van der Waals surface area (Å²) in [5.74, 6) is -0.0682. The molecule has 3 aromatic rings. The van der Waals surface area contributed by atoms with Crippen LogP contribution in [0.4, 0.5) is 8.78 Å². The Hall–Kier alpha value is -4.34. The number of ether oxygens (including phenoxy) is 1. The van der Waals surface area contributed by atoms with E-state index in [4.69, 9.17) is 10.00 Å². The number of pyridine rings is 1. The maximum absolute atomic E-state index is 12.8. The fourth-order valence-corrected chi connectivity index (χ4v) is 4.36. The van der Waals surface area contributed by atoms with Gasteiger partial charge in [-0.2, -0.15) is 10.5 Å². The number of nitrogens with one attached hydrogen (secondary N) is 1. The van der Waals surface area contributed by atoms with E-state index < -0.39 is 19.5 Å². The SMILES string of the molecule is N#Cc1ccc(C(=O)N[C@@H]2CCN(C(c3ccc(C#N)cc3)c3ccc(OC(CF)CF)nc3)C2)cc1. The maximum atomic E-state index is 12.8. The van der Waals surface area contributed by atoms with Crippen molar-refractivity contribution in [3.8, 4) is 18.0 Å². The van der Waals surface area contributed by atoms with E-state index in [9.17, 15) is 18.8 Å². The monoisotopic (exact) mass is 501 g/mol. The van der Waals surface area contributed by atoms with E-state index in [2.05, 4.69) is 21.3 Å². The lowest BCUT2D eigenvalue weighted by molar-refractivity contribution is 0.0937. The van der Waals surface area contributed by atoms with Crippen LogP contribution in [-0.4, -0.2) is 54.4 Å². The summed E-state index contributed by atoms with van der Waals surface area (Å²) >= 11 is 0. The van der Waals surface area contributed by atoms with Crippen molar-refractivity contribution in [2.24, 2.45) is 0 Å². The van der Waals surface area contributed by atoms with Gasteiger partial charge in [-0.25, -0.2) is 13.8 Å². The molecule has 4 rings (SSSR count). The Morgan fingerprint density at radius 3 is 2.19 bits per heavy atom. The van der Waals surface area contributed by atoms with Crippen LogP contribution in [0.1, 0.15) is 45.1 Å². The van der Waals surface area contributed by atoms with Crippen LogP contribution in [-0.2, 0) is 0 Å². The van der Waals surface area contributed by atoms with Gasteiger partial charge in [-0.3, -0.25) is 9.69 Å². The predicted octanol–water partition coefficient (Wildman–Crippen LogP) is 4.11. The molecule has 1 amide bonds. The fourth-order valence-electron chi connectivity index (χ4n) is 4.36. The largest absolute Gasteiger partial charge is 0.469 e. The number of rotatable bonds is 9. The van der Waals surface area contributed by atoms with Gasteiger partial charge in [0.2, 0.25) is 5.88 Å². The van der Waals surface area contributed by atoms with Crippen molar-refractivity contribution < 1.29 is 18.3 Å². The average molecular weight is 502 g/mol. The standard InChI is InChI=1S/C28H25F2N5O2/c29-13-25(14-30)37-26-10-9-23(17-33-26)27(21-5-1-19(15-31)2-6-21)35-12-11-24(18-35)34-28(36)22-7-3-20(16-32)4-8-22/h1-10,17,24-25,27H,11-14,18H2,(H,34,36)/t24-,27?/m1/s1. The average Bonchev–Trinajstić information content (AvgIpc) is 3.40. The smallest absolute Gasteiger partial charge is 0.251 e. The second-order valence-electron chi connectivity index (χ2n) is 8.76. The number of amides is 1. The number of nitriles is 2. The number of halogens is 2. The number of hydrogen-bond acceptors (Lipinski definition) is 6. The zero-order valence-electron chi connectivity index (χ0n) is 20.0. The Labute approximate surface area is 213 Å². The Bertz CT molecular complexity index is 1280. The third-order valence-electron chi connectivity index (χ3n) is 6.26. The van der Waals surface area contributed by atoms with E-state index in [0.717, 1.165) is 17.5 Å². The maximum Gasteiger partial charge on any atom is 0.251 e. The highest BCUT2D eigenvalue weighted by Gasteiger charge is 2.31. The van der Waals surface area contributed by atoms with Gasteiger partial charge in [0.15, 0.2) is 6.10 Å². The second-order valence-corrected chi connectivity index (χ2v) is 8.76. The van der Waals surface area contributed by atoms with Gasteiger partial charge in [0, 0.05) is 37.0 Å². The van der Waals surface area contributed by atoms with E-state index in [-0.39, 0.29) is 23.9 Å². The molecule has 2 aromatic carbocycles.